The van der Waals surface area contributed by atoms with Crippen molar-refractivity contribution < 1.29 is 13.9 Å². The number of methoxy groups -OCH3 is 1. The molecule has 23 heavy (non-hydrogen) atoms. The molecule has 0 aromatic carbocycles. The molecule has 0 atom stereocenters. The average molecular weight is 352 g/mol. The number of fused-ring (bicyclic) bond motifs is 1. The fourth-order valence-electron chi connectivity index (χ4n) is 2.31. The van der Waals surface area contributed by atoms with Crippen molar-refractivity contribution in [1.29, 1.82) is 0 Å². The van der Waals surface area contributed by atoms with Crippen molar-refractivity contribution in [2.45, 2.75) is 35.7 Å². The second kappa shape index (κ2) is 6.84. The zero-order chi connectivity index (χ0) is 16.4. The Morgan fingerprint density at radius 1 is 1.52 bits per heavy atom. The standard InChI is InChI=1S/C15H16N2O4S2/c1-3-17-13(18)12-10(6-7-22-12)16-15(17)23-8-9-4-5-11(21-9)14(19)20-2/h4-5H,3,6-8H2,1-2H3. The van der Waals surface area contributed by atoms with E-state index >= 15 is 0 Å². The molecule has 0 bridgehead atoms. The molecular formula is C15H16N2O4S2. The molecule has 0 saturated carbocycles. The summed E-state index contributed by atoms with van der Waals surface area (Å²) in [4.78, 5) is 29.3. The lowest BCUT2D eigenvalue weighted by molar-refractivity contribution is 0.0563. The van der Waals surface area contributed by atoms with Crippen LogP contribution in [0, 0.1) is 0 Å². The molecule has 0 N–H and O–H groups in total. The van der Waals surface area contributed by atoms with Crippen LogP contribution >= 0.6 is 23.5 Å². The van der Waals surface area contributed by atoms with Crippen LogP contribution in [-0.4, -0.2) is 28.4 Å². The van der Waals surface area contributed by atoms with E-state index in [1.54, 1.807) is 28.5 Å². The number of carbonyl (C=O) groups is 1. The van der Waals surface area contributed by atoms with Gasteiger partial charge in [-0.15, -0.1) is 11.8 Å². The second-order valence-corrected chi connectivity index (χ2v) is 6.91. The number of hydrogen-bond acceptors (Lipinski definition) is 7. The van der Waals surface area contributed by atoms with Crippen LogP contribution in [0.5, 0.6) is 0 Å². The van der Waals surface area contributed by atoms with E-state index in [4.69, 9.17) is 4.42 Å². The lowest BCUT2D eigenvalue weighted by Crippen LogP contribution is -2.24. The van der Waals surface area contributed by atoms with Gasteiger partial charge >= 0.3 is 5.97 Å². The third kappa shape index (κ3) is 3.18. The van der Waals surface area contributed by atoms with Crippen molar-refractivity contribution in [3.8, 4) is 0 Å². The third-order valence-corrected chi connectivity index (χ3v) is 5.56. The first-order valence-corrected chi connectivity index (χ1v) is 9.17. The Morgan fingerprint density at radius 2 is 2.35 bits per heavy atom. The number of aromatic nitrogens is 2. The molecule has 8 heteroatoms. The van der Waals surface area contributed by atoms with Gasteiger partial charge in [-0.3, -0.25) is 9.36 Å². The monoisotopic (exact) mass is 352 g/mol. The molecule has 2 aromatic rings. The van der Waals surface area contributed by atoms with E-state index < -0.39 is 5.97 Å². The summed E-state index contributed by atoms with van der Waals surface area (Å²) < 4.78 is 11.7. The highest BCUT2D eigenvalue weighted by molar-refractivity contribution is 7.99. The van der Waals surface area contributed by atoms with E-state index in [0.29, 0.717) is 23.2 Å². The number of hydrogen-bond donors (Lipinski definition) is 0. The molecular weight excluding hydrogens is 336 g/mol. The summed E-state index contributed by atoms with van der Waals surface area (Å²) in [5.74, 6) is 1.72. The van der Waals surface area contributed by atoms with Crippen LogP contribution in [0.3, 0.4) is 0 Å². The molecule has 1 aliphatic rings. The molecule has 0 fully saturated rings. The first kappa shape index (κ1) is 16.2. The Hall–Kier alpha value is -1.67. The SMILES string of the molecule is CCn1c(SCc2ccc(C(=O)OC)o2)nc2c(c1=O)SCC2. The van der Waals surface area contributed by atoms with E-state index in [0.717, 1.165) is 22.8 Å². The number of carbonyl (C=O) groups excluding carboxylic acids is 1. The van der Waals surface area contributed by atoms with Crippen molar-refractivity contribution in [1.82, 2.24) is 9.55 Å². The van der Waals surface area contributed by atoms with Crippen LogP contribution < -0.4 is 5.56 Å². The van der Waals surface area contributed by atoms with Crippen LogP contribution in [0.15, 0.2) is 31.4 Å². The van der Waals surface area contributed by atoms with Crippen molar-refractivity contribution in [2.75, 3.05) is 12.9 Å². The summed E-state index contributed by atoms with van der Waals surface area (Å²) in [6.07, 6.45) is 0.834. The van der Waals surface area contributed by atoms with E-state index in [1.807, 2.05) is 6.92 Å². The van der Waals surface area contributed by atoms with Gasteiger partial charge in [0, 0.05) is 18.7 Å². The smallest absolute Gasteiger partial charge is 0.373 e. The molecule has 2 aromatic heterocycles. The second-order valence-electron chi connectivity index (χ2n) is 4.86. The van der Waals surface area contributed by atoms with E-state index in [2.05, 4.69) is 9.72 Å². The molecule has 0 aliphatic carbocycles. The van der Waals surface area contributed by atoms with Crippen molar-refractivity contribution in [3.63, 3.8) is 0 Å². The maximum atomic E-state index is 12.5. The minimum atomic E-state index is -0.501. The highest BCUT2D eigenvalue weighted by Crippen LogP contribution is 2.29. The van der Waals surface area contributed by atoms with Crippen LogP contribution in [0.2, 0.25) is 0 Å². The summed E-state index contributed by atoms with van der Waals surface area (Å²) >= 11 is 3.02. The summed E-state index contributed by atoms with van der Waals surface area (Å²) in [5, 5.41) is 0.690. The van der Waals surface area contributed by atoms with Gasteiger partial charge in [0.25, 0.3) is 5.56 Å². The van der Waals surface area contributed by atoms with E-state index in [9.17, 15) is 9.59 Å². The number of ether oxygens (including phenoxy) is 1. The van der Waals surface area contributed by atoms with Crippen molar-refractivity contribution in [3.05, 3.63) is 39.7 Å². The Bertz CT molecular complexity index is 797. The third-order valence-electron chi connectivity index (χ3n) is 3.46. The van der Waals surface area contributed by atoms with Gasteiger partial charge in [0.2, 0.25) is 5.76 Å². The molecule has 122 valence electrons. The van der Waals surface area contributed by atoms with E-state index in [-0.39, 0.29) is 11.3 Å². The normalized spacial score (nSPS) is 13.1. The van der Waals surface area contributed by atoms with Crippen LogP contribution in [-0.2, 0) is 23.5 Å². The van der Waals surface area contributed by atoms with Crippen LogP contribution in [0.1, 0.15) is 28.9 Å². The highest BCUT2D eigenvalue weighted by Gasteiger charge is 2.21. The maximum absolute atomic E-state index is 12.5. The Labute approximate surface area is 141 Å². The molecule has 0 radical (unpaired) electrons. The number of nitrogens with zero attached hydrogens (tertiary/aromatic N) is 2. The molecule has 0 spiro atoms. The lowest BCUT2D eigenvalue weighted by atomic mass is 10.3. The quantitative estimate of drug-likeness (QED) is 0.465. The molecule has 6 nitrogen and oxygen atoms in total. The number of esters is 1. The van der Waals surface area contributed by atoms with Gasteiger partial charge in [-0.1, -0.05) is 11.8 Å². The molecule has 1 aliphatic heterocycles. The Morgan fingerprint density at radius 3 is 3.09 bits per heavy atom. The minimum absolute atomic E-state index is 0.0391. The molecule has 0 saturated heterocycles. The first-order chi connectivity index (χ1) is 11.1. The summed E-state index contributed by atoms with van der Waals surface area (Å²) in [7, 11) is 1.31. The summed E-state index contributed by atoms with van der Waals surface area (Å²) in [6.45, 7) is 2.51. The van der Waals surface area contributed by atoms with Crippen molar-refractivity contribution >= 4 is 29.5 Å². The molecule has 0 unspecified atom stereocenters. The van der Waals surface area contributed by atoms with Gasteiger partial charge in [-0.05, 0) is 19.1 Å². The van der Waals surface area contributed by atoms with Gasteiger partial charge in [0.05, 0.1) is 23.5 Å². The number of aryl methyl sites for hydroxylation is 1. The predicted molar refractivity (Wildman–Crippen MR) is 88.2 cm³/mol. The fourth-order valence-corrected chi connectivity index (χ4v) is 4.33. The summed E-state index contributed by atoms with van der Waals surface area (Å²) in [5.41, 5.74) is 0.930. The average Bonchev–Trinajstić information content (AvgIpc) is 3.21. The first-order valence-electron chi connectivity index (χ1n) is 7.20. The topological polar surface area (TPSA) is 74.3 Å². The fraction of sp³-hybridized carbons (Fsp3) is 0.400. The molecule has 3 heterocycles. The zero-order valence-electron chi connectivity index (χ0n) is 12.8. The van der Waals surface area contributed by atoms with Crippen LogP contribution in [0.25, 0.3) is 0 Å². The number of furan rings is 1. The van der Waals surface area contributed by atoms with Gasteiger partial charge in [-0.2, -0.15) is 0 Å². The Kier molecular flexibility index (Phi) is 4.82. The summed E-state index contributed by atoms with van der Waals surface area (Å²) in [6, 6.07) is 3.32. The largest absolute Gasteiger partial charge is 0.463 e. The molecule has 0 amide bonds. The Balaban J connectivity index is 1.81. The van der Waals surface area contributed by atoms with E-state index in [1.165, 1.54) is 18.9 Å². The van der Waals surface area contributed by atoms with Crippen molar-refractivity contribution in [2.24, 2.45) is 0 Å². The maximum Gasteiger partial charge on any atom is 0.373 e. The number of rotatable bonds is 5. The van der Waals surface area contributed by atoms with Gasteiger partial charge < -0.3 is 9.15 Å². The zero-order valence-corrected chi connectivity index (χ0v) is 14.5. The van der Waals surface area contributed by atoms with Crippen LogP contribution in [0.4, 0.5) is 0 Å². The van der Waals surface area contributed by atoms with Gasteiger partial charge in [0.1, 0.15) is 5.76 Å². The van der Waals surface area contributed by atoms with Gasteiger partial charge in [-0.25, -0.2) is 9.78 Å². The lowest BCUT2D eigenvalue weighted by Gasteiger charge is -2.11. The minimum Gasteiger partial charge on any atom is -0.463 e. The molecule has 3 rings (SSSR count). The predicted octanol–water partition coefficient (Wildman–Crippen LogP) is 2.58. The highest BCUT2D eigenvalue weighted by atomic mass is 32.2. The number of thioether (sulfide) groups is 2. The van der Waals surface area contributed by atoms with Gasteiger partial charge in [0.15, 0.2) is 5.16 Å².